The maximum atomic E-state index is 12.1. The summed E-state index contributed by atoms with van der Waals surface area (Å²) >= 11 is 1.90. The van der Waals surface area contributed by atoms with Crippen LogP contribution in [0.25, 0.3) is 0 Å². The number of carbonyl (C=O) groups is 1. The zero-order chi connectivity index (χ0) is 14.9. The number of amides is 1. The van der Waals surface area contributed by atoms with Gasteiger partial charge in [-0.25, -0.2) is 0 Å². The molecule has 0 aromatic heterocycles. The van der Waals surface area contributed by atoms with Crippen LogP contribution in [0.1, 0.15) is 26.2 Å². The largest absolute Gasteiger partial charge is 0.494 e. The highest BCUT2D eigenvalue weighted by atomic mass is 35.5. The summed E-state index contributed by atoms with van der Waals surface area (Å²) in [5.74, 6) is 3.01. The lowest BCUT2D eigenvalue weighted by Crippen LogP contribution is -2.39. The van der Waals surface area contributed by atoms with E-state index < -0.39 is 0 Å². The van der Waals surface area contributed by atoms with Crippen molar-refractivity contribution in [3.8, 4) is 5.75 Å². The van der Waals surface area contributed by atoms with Crippen molar-refractivity contribution in [3.05, 3.63) is 24.3 Å². The number of anilines is 1. The molecule has 1 aliphatic heterocycles. The van der Waals surface area contributed by atoms with Crippen molar-refractivity contribution in [2.45, 2.75) is 32.2 Å². The summed E-state index contributed by atoms with van der Waals surface area (Å²) in [6.45, 7) is 3.85. The molecule has 1 fully saturated rings. The lowest BCUT2D eigenvalue weighted by atomic mass is 10.2. The van der Waals surface area contributed by atoms with Gasteiger partial charge in [-0.3, -0.25) is 4.79 Å². The third-order valence-electron chi connectivity index (χ3n) is 3.31. The van der Waals surface area contributed by atoms with Crippen LogP contribution in [0.2, 0.25) is 0 Å². The molecule has 124 valence electrons. The van der Waals surface area contributed by atoms with Crippen molar-refractivity contribution in [2.75, 3.05) is 30.0 Å². The Labute approximate surface area is 143 Å². The Morgan fingerprint density at radius 2 is 2.36 bits per heavy atom. The van der Waals surface area contributed by atoms with Gasteiger partial charge in [-0.15, -0.1) is 12.4 Å². The van der Waals surface area contributed by atoms with Gasteiger partial charge >= 0.3 is 0 Å². The smallest absolute Gasteiger partial charge is 0.225 e. The summed E-state index contributed by atoms with van der Waals surface area (Å²) in [7, 11) is 0. The van der Waals surface area contributed by atoms with E-state index in [1.165, 1.54) is 0 Å². The summed E-state index contributed by atoms with van der Waals surface area (Å²) in [6.07, 6.45) is 2.68. The molecule has 1 aromatic rings. The van der Waals surface area contributed by atoms with Gasteiger partial charge in [0.25, 0.3) is 0 Å². The highest BCUT2D eigenvalue weighted by Crippen LogP contribution is 2.18. The minimum atomic E-state index is 0. The number of ether oxygens (including phenoxy) is 1. The minimum Gasteiger partial charge on any atom is -0.494 e. The monoisotopic (exact) mass is 344 g/mol. The van der Waals surface area contributed by atoms with Crippen LogP contribution < -0.4 is 15.4 Å². The predicted molar refractivity (Wildman–Crippen MR) is 96.5 cm³/mol. The standard InChI is InChI=1S/C16H24N2O2S.ClH/c1-2-3-8-20-15-6-4-5-13(10-15)18-16(19)11-14-12-21-9-7-17-14;/h4-6,10,14,17H,2-3,7-9,11-12H2,1H3,(H,18,19);1H. The van der Waals surface area contributed by atoms with Gasteiger partial charge < -0.3 is 15.4 Å². The molecule has 0 bridgehead atoms. The van der Waals surface area contributed by atoms with E-state index in [1.807, 2.05) is 36.0 Å². The van der Waals surface area contributed by atoms with Crippen LogP contribution in [0, 0.1) is 0 Å². The summed E-state index contributed by atoms with van der Waals surface area (Å²) in [4.78, 5) is 12.1. The van der Waals surface area contributed by atoms with Crippen molar-refractivity contribution in [2.24, 2.45) is 0 Å². The third kappa shape index (κ3) is 6.90. The van der Waals surface area contributed by atoms with E-state index >= 15 is 0 Å². The van der Waals surface area contributed by atoms with Crippen LogP contribution >= 0.6 is 24.2 Å². The molecule has 1 saturated heterocycles. The normalized spacial score (nSPS) is 17.4. The Morgan fingerprint density at radius 3 is 3.09 bits per heavy atom. The van der Waals surface area contributed by atoms with Crippen LogP contribution in [0.5, 0.6) is 5.75 Å². The van der Waals surface area contributed by atoms with Gasteiger partial charge in [0.05, 0.1) is 6.61 Å². The number of rotatable bonds is 7. The van der Waals surface area contributed by atoms with E-state index in [9.17, 15) is 4.79 Å². The molecule has 1 heterocycles. The van der Waals surface area contributed by atoms with E-state index in [0.29, 0.717) is 6.42 Å². The molecule has 2 rings (SSSR count). The number of hydrogen-bond donors (Lipinski definition) is 2. The Kier molecular flexibility index (Phi) is 9.36. The molecule has 1 aliphatic rings. The molecule has 2 N–H and O–H groups in total. The molecule has 1 atom stereocenters. The fourth-order valence-corrected chi connectivity index (χ4v) is 3.13. The third-order valence-corrected chi connectivity index (χ3v) is 4.45. The Hall–Kier alpha value is -0.910. The zero-order valence-electron chi connectivity index (χ0n) is 13.0. The van der Waals surface area contributed by atoms with Crippen LogP contribution in [0.4, 0.5) is 5.69 Å². The molecule has 6 heteroatoms. The second kappa shape index (κ2) is 10.8. The van der Waals surface area contributed by atoms with Crippen molar-refractivity contribution in [1.82, 2.24) is 5.32 Å². The first-order valence-electron chi connectivity index (χ1n) is 7.62. The second-order valence-electron chi connectivity index (χ2n) is 5.21. The van der Waals surface area contributed by atoms with E-state index in [0.717, 1.165) is 48.9 Å². The second-order valence-corrected chi connectivity index (χ2v) is 6.36. The fraction of sp³-hybridized carbons (Fsp3) is 0.562. The molecule has 0 radical (unpaired) electrons. The number of hydrogen-bond acceptors (Lipinski definition) is 4. The van der Waals surface area contributed by atoms with Crippen molar-refractivity contribution >= 4 is 35.8 Å². The molecule has 22 heavy (non-hydrogen) atoms. The van der Waals surface area contributed by atoms with Crippen LogP contribution in [0.3, 0.4) is 0 Å². The highest BCUT2D eigenvalue weighted by Gasteiger charge is 2.16. The van der Waals surface area contributed by atoms with Crippen LogP contribution in [-0.4, -0.2) is 36.6 Å². The minimum absolute atomic E-state index is 0. The maximum absolute atomic E-state index is 12.1. The quantitative estimate of drug-likeness (QED) is 0.745. The highest BCUT2D eigenvalue weighted by molar-refractivity contribution is 7.99. The first-order chi connectivity index (χ1) is 10.3. The average molecular weight is 345 g/mol. The SMILES string of the molecule is CCCCOc1cccc(NC(=O)CC2CSCCN2)c1.Cl. The van der Waals surface area contributed by atoms with Crippen molar-refractivity contribution in [1.29, 1.82) is 0 Å². The first-order valence-corrected chi connectivity index (χ1v) is 8.77. The summed E-state index contributed by atoms with van der Waals surface area (Å²) in [5.41, 5.74) is 0.803. The summed E-state index contributed by atoms with van der Waals surface area (Å²) in [5, 5.41) is 6.33. The predicted octanol–water partition coefficient (Wildman–Crippen LogP) is 3.32. The zero-order valence-corrected chi connectivity index (χ0v) is 14.6. The number of carbonyl (C=O) groups excluding carboxylic acids is 1. The summed E-state index contributed by atoms with van der Waals surface area (Å²) in [6, 6.07) is 7.90. The van der Waals surface area contributed by atoms with E-state index in [2.05, 4.69) is 17.6 Å². The van der Waals surface area contributed by atoms with E-state index in [-0.39, 0.29) is 24.4 Å². The van der Waals surface area contributed by atoms with Gasteiger partial charge in [0.15, 0.2) is 0 Å². The molecule has 1 amide bonds. The number of benzene rings is 1. The number of thioether (sulfide) groups is 1. The molecule has 0 saturated carbocycles. The molecule has 0 aliphatic carbocycles. The number of nitrogens with one attached hydrogen (secondary N) is 2. The van der Waals surface area contributed by atoms with Gasteiger partial charge in [-0.05, 0) is 18.6 Å². The Morgan fingerprint density at radius 1 is 1.50 bits per heavy atom. The average Bonchev–Trinajstić information content (AvgIpc) is 2.49. The summed E-state index contributed by atoms with van der Waals surface area (Å²) < 4.78 is 5.65. The lowest BCUT2D eigenvalue weighted by molar-refractivity contribution is -0.116. The number of halogens is 1. The Balaban J connectivity index is 0.00000242. The van der Waals surface area contributed by atoms with Crippen molar-refractivity contribution in [3.63, 3.8) is 0 Å². The van der Waals surface area contributed by atoms with Gasteiger partial charge in [0.2, 0.25) is 5.91 Å². The Bertz CT molecular complexity index is 454. The molecule has 0 spiro atoms. The van der Waals surface area contributed by atoms with E-state index in [1.54, 1.807) is 0 Å². The lowest BCUT2D eigenvalue weighted by Gasteiger charge is -2.22. The molecule has 1 aromatic carbocycles. The van der Waals surface area contributed by atoms with Gasteiger partial charge in [-0.1, -0.05) is 19.4 Å². The van der Waals surface area contributed by atoms with Crippen molar-refractivity contribution < 1.29 is 9.53 Å². The first kappa shape index (κ1) is 19.1. The number of unbranched alkanes of at least 4 members (excludes halogenated alkanes) is 1. The van der Waals surface area contributed by atoms with Gasteiger partial charge in [0.1, 0.15) is 5.75 Å². The molecule has 1 unspecified atom stereocenters. The molecular formula is C16H25ClN2O2S. The van der Waals surface area contributed by atoms with E-state index in [4.69, 9.17) is 4.74 Å². The fourth-order valence-electron chi connectivity index (χ4n) is 2.18. The molecule has 4 nitrogen and oxygen atoms in total. The topological polar surface area (TPSA) is 50.4 Å². The van der Waals surface area contributed by atoms with Crippen LogP contribution in [-0.2, 0) is 4.79 Å². The van der Waals surface area contributed by atoms with Crippen LogP contribution in [0.15, 0.2) is 24.3 Å². The maximum Gasteiger partial charge on any atom is 0.225 e. The van der Waals surface area contributed by atoms with Gasteiger partial charge in [0, 0.05) is 42.3 Å². The molecular weight excluding hydrogens is 320 g/mol. The van der Waals surface area contributed by atoms with Gasteiger partial charge in [-0.2, -0.15) is 11.8 Å².